The summed E-state index contributed by atoms with van der Waals surface area (Å²) < 4.78 is 5.31. The molecule has 16 heavy (non-hydrogen) atoms. The Labute approximate surface area is 100 Å². The first-order valence-corrected chi connectivity index (χ1v) is 6.42. The highest BCUT2D eigenvalue weighted by molar-refractivity contribution is 8.00. The Bertz CT molecular complexity index is 389. The average Bonchev–Trinajstić information content (AvgIpc) is 2.62. The molecule has 0 amide bonds. The minimum Gasteiger partial charge on any atom is -0.496 e. The van der Waals surface area contributed by atoms with Gasteiger partial charge in [0.15, 0.2) is 0 Å². The Morgan fingerprint density at radius 2 is 2.12 bits per heavy atom. The van der Waals surface area contributed by atoms with Crippen LogP contribution in [0.25, 0.3) is 0 Å². The molecule has 2 rings (SSSR count). The molecule has 1 saturated carbocycles. The van der Waals surface area contributed by atoms with Gasteiger partial charge in [0.1, 0.15) is 11.5 Å². The van der Waals surface area contributed by atoms with E-state index >= 15 is 0 Å². The van der Waals surface area contributed by atoms with Crippen LogP contribution in [0.2, 0.25) is 0 Å². The van der Waals surface area contributed by atoms with Crippen molar-refractivity contribution in [3.8, 4) is 5.75 Å². The highest BCUT2D eigenvalue weighted by atomic mass is 32.2. The van der Waals surface area contributed by atoms with E-state index < -0.39 is 0 Å². The summed E-state index contributed by atoms with van der Waals surface area (Å²) in [5, 5.41) is 0.406. The van der Waals surface area contributed by atoms with Crippen LogP contribution in [0.15, 0.2) is 29.2 Å². The van der Waals surface area contributed by atoms with Crippen molar-refractivity contribution in [1.29, 1.82) is 0 Å². The van der Waals surface area contributed by atoms with Crippen LogP contribution in [0.5, 0.6) is 5.75 Å². The van der Waals surface area contributed by atoms with Gasteiger partial charge in [0.05, 0.1) is 7.11 Å². The summed E-state index contributed by atoms with van der Waals surface area (Å²) in [7, 11) is 1.68. The van der Waals surface area contributed by atoms with Crippen molar-refractivity contribution in [2.75, 3.05) is 7.11 Å². The van der Waals surface area contributed by atoms with Gasteiger partial charge in [-0.1, -0.05) is 19.1 Å². The Balaban J connectivity index is 2.12. The first-order chi connectivity index (χ1) is 7.72. The van der Waals surface area contributed by atoms with Gasteiger partial charge in [-0.2, -0.15) is 0 Å². The zero-order chi connectivity index (χ0) is 11.5. The third-order valence-electron chi connectivity index (χ3n) is 3.09. The molecule has 86 valence electrons. The van der Waals surface area contributed by atoms with E-state index in [0.717, 1.165) is 23.5 Å². The Morgan fingerprint density at radius 3 is 2.75 bits per heavy atom. The lowest BCUT2D eigenvalue weighted by Gasteiger charge is -2.15. The number of ketones is 1. The molecule has 0 aliphatic heterocycles. The zero-order valence-corrected chi connectivity index (χ0v) is 10.4. The van der Waals surface area contributed by atoms with Crippen LogP contribution >= 0.6 is 11.8 Å². The van der Waals surface area contributed by atoms with E-state index in [9.17, 15) is 4.79 Å². The van der Waals surface area contributed by atoms with Crippen LogP contribution in [0.1, 0.15) is 19.8 Å². The fourth-order valence-corrected chi connectivity index (χ4v) is 3.35. The molecule has 0 heterocycles. The summed E-state index contributed by atoms with van der Waals surface area (Å²) in [4.78, 5) is 12.6. The first kappa shape index (κ1) is 11.5. The smallest absolute Gasteiger partial charge is 0.136 e. The lowest BCUT2D eigenvalue weighted by molar-refractivity contribution is -0.120. The van der Waals surface area contributed by atoms with Crippen molar-refractivity contribution < 1.29 is 9.53 Å². The second kappa shape index (κ2) is 4.91. The van der Waals surface area contributed by atoms with Gasteiger partial charge in [0, 0.05) is 22.5 Å². The van der Waals surface area contributed by atoms with Crippen LogP contribution in [-0.4, -0.2) is 18.1 Å². The van der Waals surface area contributed by atoms with Gasteiger partial charge >= 0.3 is 0 Å². The van der Waals surface area contributed by atoms with E-state index in [2.05, 4.69) is 6.07 Å². The predicted molar refractivity (Wildman–Crippen MR) is 66.0 cm³/mol. The molecule has 1 aromatic carbocycles. The van der Waals surface area contributed by atoms with Gasteiger partial charge in [-0.3, -0.25) is 4.79 Å². The lowest BCUT2D eigenvalue weighted by Crippen LogP contribution is -2.12. The SMILES string of the molecule is COc1ccccc1SC1CCC(=O)C1C. The molecule has 0 aromatic heterocycles. The van der Waals surface area contributed by atoms with Crippen LogP contribution < -0.4 is 4.74 Å². The number of para-hydroxylation sites is 1. The quantitative estimate of drug-likeness (QED) is 0.806. The van der Waals surface area contributed by atoms with Crippen molar-refractivity contribution in [3.63, 3.8) is 0 Å². The monoisotopic (exact) mass is 236 g/mol. The van der Waals surface area contributed by atoms with Crippen LogP contribution in [-0.2, 0) is 4.79 Å². The van der Waals surface area contributed by atoms with E-state index in [0.29, 0.717) is 11.0 Å². The number of benzene rings is 1. The maximum Gasteiger partial charge on any atom is 0.136 e. The average molecular weight is 236 g/mol. The normalized spacial score (nSPS) is 24.8. The van der Waals surface area contributed by atoms with Crippen molar-refractivity contribution in [3.05, 3.63) is 24.3 Å². The summed E-state index contributed by atoms with van der Waals surface area (Å²) in [6.07, 6.45) is 1.72. The van der Waals surface area contributed by atoms with E-state index in [1.54, 1.807) is 18.9 Å². The minimum absolute atomic E-state index is 0.176. The van der Waals surface area contributed by atoms with Gasteiger partial charge in [0.2, 0.25) is 0 Å². The largest absolute Gasteiger partial charge is 0.496 e. The van der Waals surface area contributed by atoms with Gasteiger partial charge in [-0.15, -0.1) is 11.8 Å². The molecule has 1 aliphatic carbocycles. The lowest BCUT2D eigenvalue weighted by atomic mass is 10.1. The summed E-state index contributed by atoms with van der Waals surface area (Å²) in [6, 6.07) is 7.99. The van der Waals surface area contributed by atoms with E-state index in [1.165, 1.54) is 0 Å². The molecule has 1 aromatic rings. The molecule has 0 bridgehead atoms. The topological polar surface area (TPSA) is 26.3 Å². The molecule has 1 aliphatic rings. The highest BCUT2D eigenvalue weighted by Gasteiger charge is 2.31. The van der Waals surface area contributed by atoms with Crippen molar-refractivity contribution in [2.24, 2.45) is 5.92 Å². The summed E-state index contributed by atoms with van der Waals surface area (Å²) >= 11 is 1.77. The van der Waals surface area contributed by atoms with Crippen LogP contribution in [0.3, 0.4) is 0 Å². The van der Waals surface area contributed by atoms with E-state index in [-0.39, 0.29) is 5.92 Å². The van der Waals surface area contributed by atoms with E-state index in [4.69, 9.17) is 4.74 Å². The molecule has 2 atom stereocenters. The van der Waals surface area contributed by atoms with Crippen molar-refractivity contribution in [1.82, 2.24) is 0 Å². The molecule has 2 unspecified atom stereocenters. The van der Waals surface area contributed by atoms with Gasteiger partial charge in [0.25, 0.3) is 0 Å². The van der Waals surface area contributed by atoms with Crippen LogP contribution in [0.4, 0.5) is 0 Å². The number of carbonyl (C=O) groups excluding carboxylic acids is 1. The van der Waals surface area contributed by atoms with Crippen molar-refractivity contribution in [2.45, 2.75) is 29.9 Å². The Hall–Kier alpha value is -0.960. The van der Waals surface area contributed by atoms with E-state index in [1.807, 2.05) is 25.1 Å². The third kappa shape index (κ3) is 2.24. The number of hydrogen-bond acceptors (Lipinski definition) is 3. The summed E-state index contributed by atoms with van der Waals surface area (Å²) in [5.74, 6) is 1.47. The molecule has 2 nitrogen and oxygen atoms in total. The molecule has 3 heteroatoms. The van der Waals surface area contributed by atoms with Gasteiger partial charge < -0.3 is 4.74 Å². The molecular formula is C13H16O2S. The maximum atomic E-state index is 11.5. The fourth-order valence-electron chi connectivity index (χ4n) is 2.01. The van der Waals surface area contributed by atoms with Crippen LogP contribution in [0, 0.1) is 5.92 Å². The third-order valence-corrected chi connectivity index (χ3v) is 4.63. The maximum absolute atomic E-state index is 11.5. The predicted octanol–water partition coefficient (Wildman–Crippen LogP) is 3.15. The molecular weight excluding hydrogens is 220 g/mol. The standard InChI is InChI=1S/C13H16O2S/c1-9-10(14)7-8-12(9)16-13-6-4-3-5-11(13)15-2/h3-6,9,12H,7-8H2,1-2H3. The second-order valence-electron chi connectivity index (χ2n) is 4.10. The molecule has 1 fully saturated rings. The first-order valence-electron chi connectivity index (χ1n) is 5.54. The van der Waals surface area contributed by atoms with Gasteiger partial charge in [-0.25, -0.2) is 0 Å². The number of hydrogen-bond donors (Lipinski definition) is 0. The molecule has 0 spiro atoms. The minimum atomic E-state index is 0.176. The zero-order valence-electron chi connectivity index (χ0n) is 9.60. The highest BCUT2D eigenvalue weighted by Crippen LogP contribution is 2.40. The number of ether oxygens (including phenoxy) is 1. The number of methoxy groups -OCH3 is 1. The molecule has 0 saturated heterocycles. The second-order valence-corrected chi connectivity index (χ2v) is 5.38. The summed E-state index contributed by atoms with van der Waals surface area (Å²) in [5.41, 5.74) is 0. The van der Waals surface area contributed by atoms with Gasteiger partial charge in [-0.05, 0) is 18.6 Å². The number of carbonyl (C=O) groups is 1. The Kier molecular flexibility index (Phi) is 3.54. The van der Waals surface area contributed by atoms with Crippen molar-refractivity contribution >= 4 is 17.5 Å². The number of Topliss-reactive ketones (excluding diaryl/α,β-unsaturated/α-hetero) is 1. The fraction of sp³-hybridized carbons (Fsp3) is 0.462. The number of thioether (sulfide) groups is 1. The Morgan fingerprint density at radius 1 is 1.38 bits per heavy atom. The number of rotatable bonds is 3. The summed E-state index contributed by atoms with van der Waals surface area (Å²) in [6.45, 7) is 2.03. The molecule has 0 N–H and O–H groups in total. The molecule has 0 radical (unpaired) electrons.